The van der Waals surface area contributed by atoms with Gasteiger partial charge in [-0.15, -0.1) is 0 Å². The number of nitrogens with zero attached hydrogens (tertiary/aromatic N) is 1. The van der Waals surface area contributed by atoms with Gasteiger partial charge in [0.05, 0.1) is 11.5 Å². The van der Waals surface area contributed by atoms with Crippen molar-refractivity contribution in [2.45, 2.75) is 39.0 Å². The van der Waals surface area contributed by atoms with E-state index in [1.54, 1.807) is 12.3 Å². The summed E-state index contributed by atoms with van der Waals surface area (Å²) < 4.78 is 29.0. The van der Waals surface area contributed by atoms with Crippen LogP contribution < -0.4 is 10.2 Å². The van der Waals surface area contributed by atoms with Crippen LogP contribution in [0.5, 0.6) is 0 Å². The van der Waals surface area contributed by atoms with Crippen LogP contribution in [-0.4, -0.2) is 48.5 Å². The molecule has 8 nitrogen and oxygen atoms in total. The fourth-order valence-electron chi connectivity index (χ4n) is 2.24. The van der Waals surface area contributed by atoms with Crippen molar-refractivity contribution in [3.8, 4) is 0 Å². The Bertz CT molecular complexity index is 764. The fraction of sp³-hybridized carbons (Fsp3) is 0.615. The second-order valence-corrected chi connectivity index (χ2v) is 8.52. The van der Waals surface area contributed by atoms with Gasteiger partial charge in [-0.05, 0) is 20.3 Å². The van der Waals surface area contributed by atoms with Gasteiger partial charge >= 0.3 is 10.8 Å². The van der Waals surface area contributed by atoms with Crippen LogP contribution in [0.2, 0.25) is 0 Å². The fourth-order valence-corrected chi connectivity index (χ4v) is 4.65. The van der Waals surface area contributed by atoms with Gasteiger partial charge in [-0.1, -0.05) is 11.3 Å². The Morgan fingerprint density at radius 1 is 1.52 bits per heavy atom. The number of carbonyl (C=O) groups excluding carboxylic acids is 2. The monoisotopic (exact) mass is 362 g/mol. The average molecular weight is 362 g/mol. The summed E-state index contributed by atoms with van der Waals surface area (Å²) in [5.74, 6) is -1.29. The lowest BCUT2D eigenvalue weighted by atomic mass is 10.2. The van der Waals surface area contributed by atoms with Crippen molar-refractivity contribution in [1.29, 1.82) is 0 Å². The molecule has 2 heterocycles. The summed E-state index contributed by atoms with van der Waals surface area (Å²) in [7, 11) is -3.09. The lowest BCUT2D eigenvalue weighted by Crippen LogP contribution is -2.43. The molecule has 1 aliphatic rings. The molecule has 1 fully saturated rings. The van der Waals surface area contributed by atoms with Gasteiger partial charge in [-0.25, -0.2) is 8.42 Å². The van der Waals surface area contributed by atoms with Crippen LogP contribution in [0.4, 0.5) is 0 Å². The smallest absolute Gasteiger partial charge is 0.326 e. The van der Waals surface area contributed by atoms with E-state index in [4.69, 9.17) is 4.74 Å². The summed E-state index contributed by atoms with van der Waals surface area (Å²) in [4.78, 5) is 35.0. The molecule has 0 radical (unpaired) electrons. The maximum absolute atomic E-state index is 11.9. The zero-order chi connectivity index (χ0) is 17.2. The van der Waals surface area contributed by atoms with Gasteiger partial charge in [0.25, 0.3) is 5.91 Å². The molecule has 1 aliphatic heterocycles. The van der Waals surface area contributed by atoms with Gasteiger partial charge in [-0.2, -0.15) is 0 Å². The number of carbonyl (C=O) groups is 2. The first kappa shape index (κ1) is 17.7. The lowest BCUT2D eigenvalue weighted by molar-refractivity contribution is -0.155. The molecule has 0 unspecified atom stereocenters. The second-order valence-electron chi connectivity index (χ2n) is 5.47. The van der Waals surface area contributed by atoms with Gasteiger partial charge in [0.1, 0.15) is 6.54 Å². The van der Waals surface area contributed by atoms with E-state index in [9.17, 15) is 22.8 Å². The number of aryl methyl sites for hydroxylation is 1. The molecule has 0 spiro atoms. The first-order valence-corrected chi connectivity index (χ1v) is 9.73. The molecule has 2 atom stereocenters. The molecule has 1 saturated heterocycles. The molecule has 10 heteroatoms. The van der Waals surface area contributed by atoms with Crippen LogP contribution >= 0.6 is 11.3 Å². The van der Waals surface area contributed by atoms with E-state index in [1.165, 1.54) is 11.5 Å². The quantitative estimate of drug-likeness (QED) is 0.704. The van der Waals surface area contributed by atoms with Gasteiger partial charge in [0.2, 0.25) is 0 Å². The van der Waals surface area contributed by atoms with Crippen LogP contribution in [0.3, 0.4) is 0 Å². The van der Waals surface area contributed by atoms with E-state index < -0.39 is 33.9 Å². The van der Waals surface area contributed by atoms with E-state index >= 15 is 0 Å². The Labute approximate surface area is 137 Å². The predicted octanol–water partition coefficient (Wildman–Crippen LogP) is -0.547. The number of amides is 1. The van der Waals surface area contributed by atoms with Crippen molar-refractivity contribution in [1.82, 2.24) is 9.88 Å². The lowest BCUT2D eigenvalue weighted by Gasteiger charge is -2.16. The molecule has 1 aromatic rings. The molecular formula is C13H18N2O6S2. The number of hydrogen-bond acceptors (Lipinski definition) is 7. The van der Waals surface area contributed by atoms with Crippen LogP contribution in [0.15, 0.2) is 10.2 Å². The van der Waals surface area contributed by atoms with E-state index in [0.29, 0.717) is 12.1 Å². The highest BCUT2D eigenvalue weighted by molar-refractivity contribution is 7.91. The summed E-state index contributed by atoms with van der Waals surface area (Å²) in [6.07, 6.45) is -0.696. The molecule has 128 valence electrons. The van der Waals surface area contributed by atoms with E-state index in [1.807, 2.05) is 0 Å². The van der Waals surface area contributed by atoms with Crippen LogP contribution in [-0.2, 0) is 30.7 Å². The third kappa shape index (κ3) is 4.64. The Morgan fingerprint density at radius 2 is 2.22 bits per heavy atom. The Hall–Kier alpha value is -1.68. The van der Waals surface area contributed by atoms with Crippen LogP contribution in [0.1, 0.15) is 19.0 Å². The topological polar surface area (TPSA) is 112 Å². The summed E-state index contributed by atoms with van der Waals surface area (Å²) in [6.45, 7) is 2.84. The number of hydrogen-bond donors (Lipinski definition) is 1. The highest BCUT2D eigenvalue weighted by Crippen LogP contribution is 2.11. The summed E-state index contributed by atoms with van der Waals surface area (Å²) >= 11 is 0.983. The average Bonchev–Trinajstić information content (AvgIpc) is 2.94. The van der Waals surface area contributed by atoms with Gasteiger partial charge < -0.3 is 10.1 Å². The largest absolute Gasteiger partial charge is 0.451 e. The zero-order valence-electron chi connectivity index (χ0n) is 12.8. The third-order valence-corrected chi connectivity index (χ3v) is 6.17. The Balaban J connectivity index is 1.86. The molecule has 2 rings (SSSR count). The molecule has 1 N–H and O–H groups in total. The Kier molecular flexibility index (Phi) is 5.25. The number of rotatable bonds is 5. The molecular weight excluding hydrogens is 344 g/mol. The van der Waals surface area contributed by atoms with Crippen LogP contribution in [0, 0.1) is 6.92 Å². The number of thiazole rings is 1. The first-order valence-electron chi connectivity index (χ1n) is 7.03. The van der Waals surface area contributed by atoms with E-state index in [-0.39, 0.29) is 22.9 Å². The minimum atomic E-state index is -3.09. The highest BCUT2D eigenvalue weighted by Gasteiger charge is 2.30. The van der Waals surface area contributed by atoms with Crippen molar-refractivity contribution < 1.29 is 22.7 Å². The van der Waals surface area contributed by atoms with Crippen molar-refractivity contribution in [3.63, 3.8) is 0 Å². The minimum Gasteiger partial charge on any atom is -0.451 e. The normalized spacial score (nSPS) is 20.9. The second kappa shape index (κ2) is 6.83. The summed E-state index contributed by atoms with van der Waals surface area (Å²) in [5, 5.41) is 4.19. The Morgan fingerprint density at radius 3 is 2.74 bits per heavy atom. The standard InChI is InChI=1S/C13H18N2O6S2/c1-8-6-22-13(18)15(8)5-11(16)21-9(2)12(17)14-10-3-4-23(19,20)7-10/h6,9-10H,3-5,7H2,1-2H3,(H,14,17)/t9-,10+/m1/s1. The molecule has 0 saturated carbocycles. The summed E-state index contributed by atoms with van der Waals surface area (Å²) in [5.41, 5.74) is 0.644. The number of esters is 1. The van der Waals surface area contributed by atoms with Crippen molar-refractivity contribution >= 4 is 33.1 Å². The molecule has 0 aliphatic carbocycles. The van der Waals surface area contributed by atoms with Gasteiger partial charge in [-0.3, -0.25) is 19.0 Å². The van der Waals surface area contributed by atoms with Crippen molar-refractivity contribution in [2.24, 2.45) is 0 Å². The maximum atomic E-state index is 11.9. The molecule has 0 aromatic carbocycles. The summed E-state index contributed by atoms with van der Waals surface area (Å²) in [6, 6.07) is -0.449. The maximum Gasteiger partial charge on any atom is 0.326 e. The third-order valence-electron chi connectivity index (χ3n) is 3.52. The highest BCUT2D eigenvalue weighted by atomic mass is 32.2. The number of ether oxygens (including phenoxy) is 1. The first-order chi connectivity index (χ1) is 10.7. The van der Waals surface area contributed by atoms with E-state index in [0.717, 1.165) is 11.3 Å². The zero-order valence-corrected chi connectivity index (χ0v) is 14.4. The molecule has 1 aromatic heterocycles. The predicted molar refractivity (Wildman–Crippen MR) is 84.1 cm³/mol. The molecule has 1 amide bonds. The van der Waals surface area contributed by atoms with Gasteiger partial charge in [0, 0.05) is 17.1 Å². The van der Waals surface area contributed by atoms with Crippen molar-refractivity contribution in [3.05, 3.63) is 20.7 Å². The van der Waals surface area contributed by atoms with Crippen molar-refractivity contribution in [2.75, 3.05) is 11.5 Å². The molecule has 23 heavy (non-hydrogen) atoms. The van der Waals surface area contributed by atoms with Crippen LogP contribution in [0.25, 0.3) is 0 Å². The minimum absolute atomic E-state index is 0.0481. The SMILES string of the molecule is Cc1csc(=O)n1CC(=O)O[C@H](C)C(=O)N[C@H]1CCS(=O)(=O)C1. The van der Waals surface area contributed by atoms with Gasteiger partial charge in [0.15, 0.2) is 15.9 Å². The van der Waals surface area contributed by atoms with E-state index in [2.05, 4.69) is 5.32 Å². The number of aromatic nitrogens is 1. The number of nitrogens with one attached hydrogen (secondary N) is 1. The number of sulfone groups is 1. The molecule has 0 bridgehead atoms.